The maximum atomic E-state index is 12.1. The van der Waals surface area contributed by atoms with Crippen molar-refractivity contribution in [1.82, 2.24) is 20.7 Å². The Morgan fingerprint density at radius 1 is 1.19 bits per heavy atom. The van der Waals surface area contributed by atoms with E-state index in [0.717, 1.165) is 5.56 Å². The van der Waals surface area contributed by atoms with Crippen LogP contribution in [0, 0.1) is 0 Å². The Hall–Kier alpha value is -2.97. The van der Waals surface area contributed by atoms with Gasteiger partial charge in [-0.25, -0.2) is 10.5 Å². The Labute approximate surface area is 151 Å². The molecule has 3 N–H and O–H groups in total. The lowest BCUT2D eigenvalue weighted by Crippen LogP contribution is -2.43. The largest absolute Gasteiger partial charge is 0.439 e. The highest BCUT2D eigenvalue weighted by molar-refractivity contribution is 5.92. The molecule has 0 aliphatic carbocycles. The van der Waals surface area contributed by atoms with Crippen LogP contribution >= 0.6 is 0 Å². The predicted molar refractivity (Wildman–Crippen MR) is 95.3 cm³/mol. The number of carbonyl (C=O) groups excluding carboxylic acids is 2. The molecule has 1 aromatic heterocycles. The quantitative estimate of drug-likeness (QED) is 0.508. The van der Waals surface area contributed by atoms with Gasteiger partial charge in [0.2, 0.25) is 11.8 Å². The summed E-state index contributed by atoms with van der Waals surface area (Å²) in [5, 5.41) is 11.6. The fraction of sp³-hybridized carbons (Fsp3) is 0.278. The molecular formula is C18H22N4O4. The molecule has 26 heavy (non-hydrogen) atoms. The molecule has 0 radical (unpaired) electrons. The summed E-state index contributed by atoms with van der Waals surface area (Å²) in [5.41, 5.74) is 2.76. The van der Waals surface area contributed by atoms with Crippen LogP contribution in [0.25, 0.3) is 0 Å². The first-order valence-electron chi connectivity index (χ1n) is 8.00. The number of pyridine rings is 1. The first-order valence-corrected chi connectivity index (χ1v) is 8.00. The molecule has 2 aromatic rings. The molecule has 2 rings (SSSR count). The van der Waals surface area contributed by atoms with E-state index in [-0.39, 0.29) is 17.5 Å². The zero-order valence-electron chi connectivity index (χ0n) is 14.9. The van der Waals surface area contributed by atoms with E-state index in [1.165, 1.54) is 23.8 Å². The van der Waals surface area contributed by atoms with E-state index in [1.54, 1.807) is 38.2 Å². The fourth-order valence-corrected chi connectivity index (χ4v) is 2.31. The number of aromatic nitrogens is 1. The summed E-state index contributed by atoms with van der Waals surface area (Å²) < 4.78 is 5.62. The highest BCUT2D eigenvalue weighted by Crippen LogP contribution is 2.20. The van der Waals surface area contributed by atoms with Crippen LogP contribution in [0.15, 0.2) is 42.6 Å². The van der Waals surface area contributed by atoms with Crippen molar-refractivity contribution in [2.24, 2.45) is 0 Å². The van der Waals surface area contributed by atoms with Gasteiger partial charge in [-0.15, -0.1) is 0 Å². The smallest absolute Gasteiger partial charge is 0.276 e. The minimum Gasteiger partial charge on any atom is -0.439 e. The van der Waals surface area contributed by atoms with Crippen molar-refractivity contribution < 1.29 is 19.5 Å². The number of carbonyl (C=O) groups is 2. The molecule has 138 valence electrons. The van der Waals surface area contributed by atoms with Crippen molar-refractivity contribution in [1.29, 1.82) is 0 Å². The van der Waals surface area contributed by atoms with Crippen LogP contribution in [0.3, 0.4) is 0 Å². The van der Waals surface area contributed by atoms with E-state index in [0.29, 0.717) is 18.1 Å². The molecule has 8 heteroatoms. The molecule has 0 fully saturated rings. The first kappa shape index (κ1) is 19.4. The van der Waals surface area contributed by atoms with E-state index >= 15 is 0 Å². The van der Waals surface area contributed by atoms with Crippen LogP contribution in [0.1, 0.15) is 15.9 Å². The van der Waals surface area contributed by atoms with Crippen molar-refractivity contribution in [3.63, 3.8) is 0 Å². The van der Waals surface area contributed by atoms with E-state index in [1.807, 2.05) is 12.1 Å². The Kier molecular flexibility index (Phi) is 6.65. The topological polar surface area (TPSA) is 104 Å². The number of nitrogens with one attached hydrogen (secondary N) is 2. The Morgan fingerprint density at radius 2 is 1.88 bits per heavy atom. The van der Waals surface area contributed by atoms with Crippen LogP contribution < -0.4 is 15.5 Å². The van der Waals surface area contributed by atoms with E-state index < -0.39 is 5.91 Å². The first-order chi connectivity index (χ1) is 12.4. The van der Waals surface area contributed by atoms with Crippen molar-refractivity contribution in [2.75, 3.05) is 21.1 Å². The lowest BCUT2D eigenvalue weighted by molar-refractivity contribution is -0.130. The number of hydrogen-bond acceptors (Lipinski definition) is 6. The van der Waals surface area contributed by atoms with E-state index in [2.05, 4.69) is 10.3 Å². The third kappa shape index (κ3) is 5.01. The molecule has 0 bridgehead atoms. The van der Waals surface area contributed by atoms with Gasteiger partial charge in [-0.1, -0.05) is 12.1 Å². The van der Waals surface area contributed by atoms with E-state index in [4.69, 9.17) is 9.94 Å². The Morgan fingerprint density at radius 3 is 2.38 bits per heavy atom. The molecule has 1 heterocycles. The zero-order valence-corrected chi connectivity index (χ0v) is 14.9. The Balaban J connectivity index is 2.01. The maximum absolute atomic E-state index is 12.1. The standard InChI is InChI=1S/C18H22N4O4/c1-19-15(18(24)22(2)3)10-12-4-7-14(8-5-12)26-16-9-6-13(11-20-16)17(23)21-25/h4-9,11,15,19,25H,10H2,1-3H3,(H,21,23)/t15-/m0/s1. The summed E-state index contributed by atoms with van der Waals surface area (Å²) in [4.78, 5) is 28.9. The number of nitrogens with zero attached hydrogens (tertiary/aromatic N) is 2. The zero-order chi connectivity index (χ0) is 19.1. The summed E-state index contributed by atoms with van der Waals surface area (Å²) in [6, 6.07) is 10.1. The third-order valence-electron chi connectivity index (χ3n) is 3.77. The second-order valence-electron chi connectivity index (χ2n) is 5.85. The fourth-order valence-electron chi connectivity index (χ4n) is 2.31. The number of likely N-dealkylation sites (N-methyl/N-ethyl adjacent to an activating group) is 2. The summed E-state index contributed by atoms with van der Waals surface area (Å²) in [6.07, 6.45) is 1.87. The van der Waals surface area contributed by atoms with Crippen LogP contribution in [0.4, 0.5) is 0 Å². The van der Waals surface area contributed by atoms with Gasteiger partial charge in [0.1, 0.15) is 5.75 Å². The predicted octanol–water partition coefficient (Wildman–Crippen LogP) is 1.21. The summed E-state index contributed by atoms with van der Waals surface area (Å²) in [6.45, 7) is 0. The number of ether oxygens (including phenoxy) is 1. The van der Waals surface area contributed by atoms with Gasteiger partial charge < -0.3 is 15.0 Å². The molecule has 1 aromatic carbocycles. The molecule has 2 amide bonds. The van der Waals surface area contributed by atoms with Crippen LogP contribution in [0.2, 0.25) is 0 Å². The van der Waals surface area contributed by atoms with Gasteiger partial charge in [-0.3, -0.25) is 14.8 Å². The molecule has 0 unspecified atom stereocenters. The van der Waals surface area contributed by atoms with Gasteiger partial charge in [0.05, 0.1) is 11.6 Å². The van der Waals surface area contributed by atoms with Gasteiger partial charge in [-0.2, -0.15) is 0 Å². The molecular weight excluding hydrogens is 336 g/mol. The van der Waals surface area contributed by atoms with Crippen LogP contribution in [-0.2, 0) is 11.2 Å². The molecule has 1 atom stereocenters. The maximum Gasteiger partial charge on any atom is 0.276 e. The molecule has 8 nitrogen and oxygen atoms in total. The minimum absolute atomic E-state index is 0.0176. The highest BCUT2D eigenvalue weighted by Gasteiger charge is 2.18. The highest BCUT2D eigenvalue weighted by atomic mass is 16.5. The van der Waals surface area contributed by atoms with Gasteiger partial charge in [0.25, 0.3) is 5.91 Å². The number of hydrogen-bond donors (Lipinski definition) is 3. The molecule has 0 spiro atoms. The minimum atomic E-state index is -0.639. The summed E-state index contributed by atoms with van der Waals surface area (Å²) in [7, 11) is 5.22. The molecule has 0 aliphatic rings. The van der Waals surface area contributed by atoms with Gasteiger partial charge in [0.15, 0.2) is 0 Å². The van der Waals surface area contributed by atoms with Gasteiger partial charge in [-0.05, 0) is 37.2 Å². The number of hydroxylamine groups is 1. The Bertz CT molecular complexity index is 745. The SMILES string of the molecule is CN[C@@H](Cc1ccc(Oc2ccc(C(=O)NO)cn2)cc1)C(=O)N(C)C. The number of amides is 2. The summed E-state index contributed by atoms with van der Waals surface area (Å²) in [5.74, 6) is 0.285. The molecule has 0 saturated heterocycles. The van der Waals surface area contributed by atoms with Gasteiger partial charge >= 0.3 is 0 Å². The van der Waals surface area contributed by atoms with Crippen LogP contribution in [-0.4, -0.2) is 54.1 Å². The van der Waals surface area contributed by atoms with Crippen molar-refractivity contribution in [3.05, 3.63) is 53.7 Å². The van der Waals surface area contributed by atoms with Crippen molar-refractivity contribution in [3.8, 4) is 11.6 Å². The van der Waals surface area contributed by atoms with Gasteiger partial charge in [0, 0.05) is 26.4 Å². The third-order valence-corrected chi connectivity index (χ3v) is 3.77. The van der Waals surface area contributed by atoms with Crippen LogP contribution in [0.5, 0.6) is 11.6 Å². The lowest BCUT2D eigenvalue weighted by atomic mass is 10.1. The van der Waals surface area contributed by atoms with E-state index in [9.17, 15) is 9.59 Å². The second-order valence-corrected chi connectivity index (χ2v) is 5.85. The molecule has 0 aliphatic heterocycles. The van der Waals surface area contributed by atoms with Crippen molar-refractivity contribution >= 4 is 11.8 Å². The lowest BCUT2D eigenvalue weighted by Gasteiger charge is -2.20. The normalized spacial score (nSPS) is 11.5. The monoisotopic (exact) mass is 358 g/mol. The second kappa shape index (κ2) is 8.93. The van der Waals surface area contributed by atoms with Crippen molar-refractivity contribution in [2.45, 2.75) is 12.5 Å². The summed E-state index contributed by atoms with van der Waals surface area (Å²) >= 11 is 0. The number of rotatable bonds is 7. The molecule has 0 saturated carbocycles. The number of benzene rings is 1. The average molecular weight is 358 g/mol. The average Bonchev–Trinajstić information content (AvgIpc) is 2.66.